The molecule has 0 aliphatic heterocycles. The van der Waals surface area contributed by atoms with Crippen LogP contribution in [0.4, 0.5) is 0 Å². The number of ketones is 2. The first-order chi connectivity index (χ1) is 7.74. The molecule has 2 rings (SSSR count). The lowest BCUT2D eigenvalue weighted by atomic mass is 9.98. The first-order valence-corrected chi connectivity index (χ1v) is 5.47. The molecular weight excluding hydrogens is 200 g/mol. The fourth-order valence-corrected chi connectivity index (χ4v) is 1.44. The normalized spacial score (nSPS) is 15.0. The highest BCUT2D eigenvalue weighted by atomic mass is 16.2. The van der Waals surface area contributed by atoms with Gasteiger partial charge in [-0.2, -0.15) is 0 Å². The molecule has 0 radical (unpaired) electrons. The average molecular weight is 216 g/mol. The van der Waals surface area contributed by atoms with Crippen molar-refractivity contribution in [3.8, 4) is 0 Å². The summed E-state index contributed by atoms with van der Waals surface area (Å²) in [7, 11) is 0. The van der Waals surface area contributed by atoms with Gasteiger partial charge in [-0.15, -0.1) is 0 Å². The second kappa shape index (κ2) is 6.72. The van der Waals surface area contributed by atoms with Crippen molar-refractivity contribution < 1.29 is 9.59 Å². The molecule has 1 aromatic rings. The van der Waals surface area contributed by atoms with E-state index in [2.05, 4.69) is 6.58 Å². The fourth-order valence-electron chi connectivity index (χ4n) is 1.44. The van der Waals surface area contributed by atoms with Crippen LogP contribution in [0.2, 0.25) is 0 Å². The third-order valence-electron chi connectivity index (χ3n) is 2.40. The summed E-state index contributed by atoms with van der Waals surface area (Å²) in [5.41, 5.74) is 1.17. The van der Waals surface area contributed by atoms with Crippen molar-refractivity contribution in [3.63, 3.8) is 0 Å². The standard InChI is InChI=1S/C8H8.C6H8O2/c1-2-8-6-4-3-5-7-8;7-5-3-1-2-4-6(5)8/h2-7H,1H2;1-4H2. The van der Waals surface area contributed by atoms with E-state index >= 15 is 0 Å². The summed E-state index contributed by atoms with van der Waals surface area (Å²) < 4.78 is 0. The Morgan fingerprint density at radius 2 is 1.44 bits per heavy atom. The predicted octanol–water partition coefficient (Wildman–Crippen LogP) is 3.03. The minimum absolute atomic E-state index is 0.170. The van der Waals surface area contributed by atoms with Gasteiger partial charge in [0.15, 0.2) is 11.6 Å². The molecule has 1 saturated carbocycles. The van der Waals surface area contributed by atoms with Crippen molar-refractivity contribution >= 4 is 17.6 Å². The Morgan fingerprint density at radius 3 is 1.75 bits per heavy atom. The van der Waals surface area contributed by atoms with E-state index in [0.29, 0.717) is 12.8 Å². The van der Waals surface area contributed by atoms with Crippen molar-refractivity contribution in [1.29, 1.82) is 0 Å². The summed E-state index contributed by atoms with van der Waals surface area (Å²) in [6.07, 6.45) is 4.62. The van der Waals surface area contributed by atoms with E-state index < -0.39 is 0 Å². The number of hydrogen-bond acceptors (Lipinski definition) is 2. The van der Waals surface area contributed by atoms with Crippen LogP contribution < -0.4 is 0 Å². The maximum absolute atomic E-state index is 10.4. The molecule has 16 heavy (non-hydrogen) atoms. The Balaban J connectivity index is 0.000000160. The molecule has 2 nitrogen and oxygen atoms in total. The second-order valence-corrected chi connectivity index (χ2v) is 3.67. The lowest BCUT2D eigenvalue weighted by Gasteiger charge is -2.04. The summed E-state index contributed by atoms with van der Waals surface area (Å²) >= 11 is 0. The number of benzene rings is 1. The lowest BCUT2D eigenvalue weighted by molar-refractivity contribution is -0.137. The van der Waals surface area contributed by atoms with Crippen molar-refractivity contribution in [2.75, 3.05) is 0 Å². The van der Waals surface area contributed by atoms with E-state index in [1.807, 2.05) is 36.4 Å². The molecule has 0 bridgehead atoms. The number of rotatable bonds is 1. The Hall–Kier alpha value is -1.70. The molecule has 0 N–H and O–H groups in total. The first kappa shape index (κ1) is 12.4. The number of carbonyl (C=O) groups is 2. The highest BCUT2D eigenvalue weighted by Gasteiger charge is 2.16. The Labute approximate surface area is 96.0 Å². The third kappa shape index (κ3) is 4.22. The van der Waals surface area contributed by atoms with E-state index in [4.69, 9.17) is 0 Å². The van der Waals surface area contributed by atoms with Crippen LogP contribution in [0.3, 0.4) is 0 Å². The van der Waals surface area contributed by atoms with Gasteiger partial charge in [-0.1, -0.05) is 43.0 Å². The van der Waals surface area contributed by atoms with Gasteiger partial charge < -0.3 is 0 Å². The molecule has 1 aliphatic rings. The van der Waals surface area contributed by atoms with Crippen LogP contribution in [-0.4, -0.2) is 11.6 Å². The minimum Gasteiger partial charge on any atom is -0.291 e. The molecule has 0 aromatic heterocycles. The molecule has 0 saturated heterocycles. The van der Waals surface area contributed by atoms with E-state index in [1.54, 1.807) is 0 Å². The van der Waals surface area contributed by atoms with Crippen LogP contribution in [0.25, 0.3) is 6.08 Å². The summed E-state index contributed by atoms with van der Waals surface area (Å²) in [4.78, 5) is 20.9. The zero-order chi connectivity index (χ0) is 11.8. The average Bonchev–Trinajstić information content (AvgIpc) is 2.35. The minimum atomic E-state index is -0.170. The van der Waals surface area contributed by atoms with Crippen molar-refractivity contribution in [2.24, 2.45) is 0 Å². The molecule has 84 valence electrons. The summed E-state index contributed by atoms with van der Waals surface area (Å²) in [5, 5.41) is 0. The number of carbonyl (C=O) groups excluding carboxylic acids is 2. The Morgan fingerprint density at radius 1 is 0.938 bits per heavy atom. The van der Waals surface area contributed by atoms with Gasteiger partial charge in [0.25, 0.3) is 0 Å². The smallest absolute Gasteiger partial charge is 0.198 e. The predicted molar refractivity (Wildman–Crippen MR) is 65.0 cm³/mol. The van der Waals surface area contributed by atoms with E-state index in [0.717, 1.165) is 12.8 Å². The van der Waals surface area contributed by atoms with E-state index in [9.17, 15) is 9.59 Å². The lowest BCUT2D eigenvalue weighted by Crippen LogP contribution is -2.17. The van der Waals surface area contributed by atoms with Crippen LogP contribution in [-0.2, 0) is 9.59 Å². The quantitative estimate of drug-likeness (QED) is 0.676. The molecule has 0 amide bonds. The summed E-state index contributed by atoms with van der Waals surface area (Å²) in [5.74, 6) is -0.340. The molecule has 0 atom stereocenters. The second-order valence-electron chi connectivity index (χ2n) is 3.67. The molecule has 0 spiro atoms. The highest BCUT2D eigenvalue weighted by molar-refractivity contribution is 6.37. The number of Topliss-reactive ketones (excluding diaryl/α,β-unsaturated/α-hetero) is 2. The largest absolute Gasteiger partial charge is 0.291 e. The molecule has 1 fully saturated rings. The summed E-state index contributed by atoms with van der Waals surface area (Å²) in [6, 6.07) is 10.0. The van der Waals surface area contributed by atoms with Gasteiger partial charge in [-0.25, -0.2) is 0 Å². The van der Waals surface area contributed by atoms with Gasteiger partial charge in [0.2, 0.25) is 0 Å². The zero-order valence-electron chi connectivity index (χ0n) is 9.32. The molecule has 0 heterocycles. The van der Waals surface area contributed by atoms with Crippen molar-refractivity contribution in [1.82, 2.24) is 0 Å². The maximum Gasteiger partial charge on any atom is 0.198 e. The van der Waals surface area contributed by atoms with Gasteiger partial charge in [0.1, 0.15) is 0 Å². The van der Waals surface area contributed by atoms with Gasteiger partial charge in [-0.05, 0) is 18.4 Å². The highest BCUT2D eigenvalue weighted by Crippen LogP contribution is 2.09. The fraction of sp³-hybridized carbons (Fsp3) is 0.286. The Kier molecular flexibility index (Phi) is 5.20. The van der Waals surface area contributed by atoms with Crippen LogP contribution in [0.1, 0.15) is 31.2 Å². The molecule has 0 unspecified atom stereocenters. The van der Waals surface area contributed by atoms with E-state index in [1.165, 1.54) is 5.56 Å². The van der Waals surface area contributed by atoms with Crippen LogP contribution in [0.5, 0.6) is 0 Å². The monoisotopic (exact) mass is 216 g/mol. The van der Waals surface area contributed by atoms with Crippen LogP contribution in [0, 0.1) is 0 Å². The first-order valence-electron chi connectivity index (χ1n) is 5.47. The number of hydrogen-bond donors (Lipinski definition) is 0. The Bertz CT molecular complexity index is 350. The molecule has 1 aromatic carbocycles. The third-order valence-corrected chi connectivity index (χ3v) is 2.40. The summed E-state index contributed by atoms with van der Waals surface area (Å²) in [6.45, 7) is 3.63. The van der Waals surface area contributed by atoms with Gasteiger partial charge in [0.05, 0.1) is 0 Å². The van der Waals surface area contributed by atoms with Crippen molar-refractivity contribution in [2.45, 2.75) is 25.7 Å². The topological polar surface area (TPSA) is 34.1 Å². The van der Waals surface area contributed by atoms with Gasteiger partial charge in [-0.3, -0.25) is 9.59 Å². The molecule has 1 aliphatic carbocycles. The SMILES string of the molecule is C=Cc1ccccc1.O=C1CCCCC1=O. The maximum atomic E-state index is 10.4. The van der Waals surface area contributed by atoms with Gasteiger partial charge in [0, 0.05) is 12.8 Å². The van der Waals surface area contributed by atoms with E-state index in [-0.39, 0.29) is 11.6 Å². The van der Waals surface area contributed by atoms with Crippen LogP contribution >= 0.6 is 0 Å². The van der Waals surface area contributed by atoms with Gasteiger partial charge >= 0.3 is 0 Å². The molecular formula is C14H16O2. The zero-order valence-corrected chi connectivity index (χ0v) is 9.32. The molecule has 2 heteroatoms. The van der Waals surface area contributed by atoms with Crippen molar-refractivity contribution in [3.05, 3.63) is 42.5 Å². The van der Waals surface area contributed by atoms with Crippen LogP contribution in [0.15, 0.2) is 36.9 Å².